The first-order valence-corrected chi connectivity index (χ1v) is 8.44. The summed E-state index contributed by atoms with van der Waals surface area (Å²) >= 11 is 2.16. The summed E-state index contributed by atoms with van der Waals surface area (Å²) < 4.78 is 26.3. The molecule has 0 aromatic carbocycles. The van der Waals surface area contributed by atoms with Crippen molar-refractivity contribution in [2.75, 3.05) is 5.43 Å². The molecule has 8 nitrogen and oxygen atoms in total. The molecule has 4 N–H and O–H groups in total. The first kappa shape index (κ1) is 14.9. The maximum absolute atomic E-state index is 12.0. The van der Waals surface area contributed by atoms with Crippen LogP contribution in [0.25, 0.3) is 0 Å². The quantitative estimate of drug-likeness (QED) is 0.417. The van der Waals surface area contributed by atoms with Crippen LogP contribution in [0.1, 0.15) is 5.56 Å². The number of anilines is 1. The molecule has 0 aliphatic rings. The molecule has 0 radical (unpaired) electrons. The second kappa shape index (κ2) is 5.85. The molecule has 0 atom stereocenters. The average Bonchev–Trinajstić information content (AvgIpc) is 3.05. The Bertz CT molecular complexity index is 708. The van der Waals surface area contributed by atoms with Crippen LogP contribution in [0.2, 0.25) is 0 Å². The van der Waals surface area contributed by atoms with E-state index in [1.165, 1.54) is 11.3 Å². The Morgan fingerprint density at radius 3 is 2.70 bits per heavy atom. The van der Waals surface area contributed by atoms with E-state index in [4.69, 9.17) is 5.84 Å². The van der Waals surface area contributed by atoms with Gasteiger partial charge in [-0.3, -0.25) is 10.1 Å². The van der Waals surface area contributed by atoms with Gasteiger partial charge in [0.1, 0.15) is 4.21 Å². The molecule has 2 heterocycles. The Balaban J connectivity index is 2.23. The lowest BCUT2D eigenvalue weighted by molar-refractivity contribution is -0.383. The standard InChI is InChI=1S/C9H10N4O4S3/c10-12-9-7(13(14)15)3-8(19-9)20(16,17)11-4-6-1-2-18-5-6/h1-3,5,11-12H,4,10H2. The molecule has 20 heavy (non-hydrogen) atoms. The van der Waals surface area contributed by atoms with Gasteiger partial charge in [0, 0.05) is 12.6 Å². The highest BCUT2D eigenvalue weighted by Gasteiger charge is 2.25. The highest BCUT2D eigenvalue weighted by Crippen LogP contribution is 2.36. The fourth-order valence-electron chi connectivity index (χ4n) is 1.37. The first-order valence-electron chi connectivity index (χ1n) is 5.19. The minimum atomic E-state index is -3.81. The second-order valence-corrected chi connectivity index (χ2v) is 7.46. The molecule has 0 unspecified atom stereocenters. The molecule has 0 fully saturated rings. The number of hydrazine groups is 1. The van der Waals surface area contributed by atoms with Crippen LogP contribution in [0.3, 0.4) is 0 Å². The number of rotatable bonds is 6. The van der Waals surface area contributed by atoms with Gasteiger partial charge in [-0.2, -0.15) is 11.3 Å². The van der Waals surface area contributed by atoms with Gasteiger partial charge in [0.2, 0.25) is 0 Å². The largest absolute Gasteiger partial charge is 0.310 e. The van der Waals surface area contributed by atoms with E-state index in [-0.39, 0.29) is 21.4 Å². The molecule has 0 saturated carbocycles. The summed E-state index contributed by atoms with van der Waals surface area (Å²) in [6, 6.07) is 2.77. The summed E-state index contributed by atoms with van der Waals surface area (Å²) in [6.07, 6.45) is 0. The molecular weight excluding hydrogens is 324 g/mol. The van der Waals surface area contributed by atoms with Crippen LogP contribution in [-0.4, -0.2) is 13.3 Å². The molecule has 0 bridgehead atoms. The number of nitrogens with zero attached hydrogens (tertiary/aromatic N) is 1. The number of thiophene rings is 2. The Morgan fingerprint density at radius 2 is 2.20 bits per heavy atom. The number of hydrogen-bond acceptors (Lipinski definition) is 8. The maximum Gasteiger partial charge on any atom is 0.306 e. The van der Waals surface area contributed by atoms with Crippen LogP contribution in [0.4, 0.5) is 10.7 Å². The normalized spacial score (nSPS) is 11.4. The zero-order valence-electron chi connectivity index (χ0n) is 9.90. The third-order valence-corrected chi connectivity index (χ3v) is 5.99. The minimum Gasteiger partial charge on any atom is -0.310 e. The van der Waals surface area contributed by atoms with Crippen molar-refractivity contribution in [3.8, 4) is 0 Å². The van der Waals surface area contributed by atoms with Gasteiger partial charge in [0.15, 0.2) is 5.00 Å². The highest BCUT2D eigenvalue weighted by atomic mass is 32.2. The van der Waals surface area contributed by atoms with Gasteiger partial charge in [-0.05, 0) is 22.4 Å². The summed E-state index contributed by atoms with van der Waals surface area (Å²) in [6.45, 7) is 0.128. The Morgan fingerprint density at radius 1 is 1.45 bits per heavy atom. The van der Waals surface area contributed by atoms with Crippen LogP contribution in [0.15, 0.2) is 27.1 Å². The molecule has 0 saturated heterocycles. The van der Waals surface area contributed by atoms with Gasteiger partial charge in [-0.25, -0.2) is 19.0 Å². The van der Waals surface area contributed by atoms with E-state index < -0.39 is 14.9 Å². The van der Waals surface area contributed by atoms with Gasteiger partial charge >= 0.3 is 5.69 Å². The smallest absolute Gasteiger partial charge is 0.306 e. The van der Waals surface area contributed by atoms with Crippen molar-refractivity contribution in [2.45, 2.75) is 10.8 Å². The van der Waals surface area contributed by atoms with Gasteiger partial charge in [0.05, 0.1) is 4.92 Å². The zero-order valence-corrected chi connectivity index (χ0v) is 12.3. The van der Waals surface area contributed by atoms with Gasteiger partial charge in [-0.1, -0.05) is 11.3 Å². The summed E-state index contributed by atoms with van der Waals surface area (Å²) in [5, 5.41) is 14.4. The van der Waals surface area contributed by atoms with Crippen molar-refractivity contribution in [1.29, 1.82) is 0 Å². The van der Waals surface area contributed by atoms with Crippen molar-refractivity contribution < 1.29 is 13.3 Å². The van der Waals surface area contributed by atoms with Crippen molar-refractivity contribution >= 4 is 43.4 Å². The molecule has 0 aliphatic carbocycles. The molecule has 0 aliphatic heterocycles. The summed E-state index contributed by atoms with van der Waals surface area (Å²) in [4.78, 5) is 10.1. The predicted molar refractivity (Wildman–Crippen MR) is 77.1 cm³/mol. The van der Waals surface area contributed by atoms with Crippen molar-refractivity contribution in [1.82, 2.24) is 4.72 Å². The van der Waals surface area contributed by atoms with Crippen molar-refractivity contribution in [2.24, 2.45) is 5.84 Å². The maximum atomic E-state index is 12.0. The number of hydrogen-bond donors (Lipinski definition) is 3. The highest BCUT2D eigenvalue weighted by molar-refractivity contribution is 7.91. The fourth-order valence-corrected chi connectivity index (χ4v) is 4.34. The van der Waals surface area contributed by atoms with Crippen LogP contribution < -0.4 is 16.0 Å². The van der Waals surface area contributed by atoms with Gasteiger partial charge in [-0.15, -0.1) is 0 Å². The van der Waals surface area contributed by atoms with Crippen molar-refractivity contribution in [3.63, 3.8) is 0 Å². The van der Waals surface area contributed by atoms with Crippen LogP contribution in [0.5, 0.6) is 0 Å². The number of sulfonamides is 1. The van der Waals surface area contributed by atoms with E-state index >= 15 is 0 Å². The summed E-state index contributed by atoms with van der Waals surface area (Å²) in [5.41, 5.74) is 2.58. The van der Waals surface area contributed by atoms with Crippen molar-refractivity contribution in [3.05, 3.63) is 38.6 Å². The van der Waals surface area contributed by atoms with Crippen LogP contribution in [0, 0.1) is 10.1 Å². The van der Waals surface area contributed by atoms with Gasteiger partial charge in [0.25, 0.3) is 10.0 Å². The summed E-state index contributed by atoms with van der Waals surface area (Å²) in [7, 11) is -3.81. The van der Waals surface area contributed by atoms with Gasteiger partial charge < -0.3 is 5.43 Å². The third kappa shape index (κ3) is 3.13. The van der Waals surface area contributed by atoms with Crippen LogP contribution >= 0.6 is 22.7 Å². The number of nitro groups is 1. The van der Waals surface area contributed by atoms with E-state index in [1.807, 2.05) is 10.8 Å². The molecule has 2 aromatic rings. The molecule has 0 amide bonds. The average molecular weight is 334 g/mol. The van der Waals surface area contributed by atoms with E-state index in [9.17, 15) is 18.5 Å². The number of nitrogen functional groups attached to an aromatic ring is 1. The number of nitrogens with two attached hydrogens (primary N) is 1. The molecule has 2 aromatic heterocycles. The molecule has 11 heteroatoms. The Kier molecular flexibility index (Phi) is 4.35. The lowest BCUT2D eigenvalue weighted by atomic mass is 10.4. The molecule has 108 valence electrons. The van der Waals surface area contributed by atoms with Crippen LogP contribution in [-0.2, 0) is 16.6 Å². The lowest BCUT2D eigenvalue weighted by Gasteiger charge is -2.02. The van der Waals surface area contributed by atoms with E-state index in [1.54, 1.807) is 6.07 Å². The SMILES string of the molecule is NNc1sc(S(=O)(=O)NCc2ccsc2)cc1[N+](=O)[O-]. The van der Waals surface area contributed by atoms with E-state index in [2.05, 4.69) is 10.1 Å². The molecule has 2 rings (SSSR count). The molecule has 0 spiro atoms. The first-order chi connectivity index (χ1) is 9.44. The topological polar surface area (TPSA) is 127 Å². The molecular formula is C9H10N4O4S3. The minimum absolute atomic E-state index is 0.00842. The predicted octanol–water partition coefficient (Wildman–Crippen LogP) is 1.48. The monoisotopic (exact) mass is 334 g/mol. The lowest BCUT2D eigenvalue weighted by Crippen LogP contribution is -2.22. The Hall–Kier alpha value is -1.53. The fraction of sp³-hybridized carbons (Fsp3) is 0.111. The Labute approximate surface area is 122 Å². The summed E-state index contributed by atoms with van der Waals surface area (Å²) in [5.74, 6) is 5.14. The zero-order chi connectivity index (χ0) is 14.8. The van der Waals surface area contributed by atoms with E-state index in [0.717, 1.165) is 11.6 Å². The second-order valence-electron chi connectivity index (χ2n) is 3.64. The third-order valence-electron chi connectivity index (χ3n) is 2.33. The number of nitrogens with one attached hydrogen (secondary N) is 2. The van der Waals surface area contributed by atoms with E-state index in [0.29, 0.717) is 11.3 Å².